The van der Waals surface area contributed by atoms with Crippen LogP contribution in [-0.2, 0) is 6.54 Å². The monoisotopic (exact) mass is 295 g/mol. The van der Waals surface area contributed by atoms with Crippen LogP contribution in [0.15, 0.2) is 6.20 Å². The minimum Gasteiger partial charge on any atom is -0.351 e. The first-order valence-electron chi connectivity index (χ1n) is 7.85. The number of nitrogens with one attached hydrogen (secondary N) is 1. The Bertz CT molecular complexity index is 402. The van der Waals surface area contributed by atoms with Gasteiger partial charge >= 0.3 is 0 Å². The summed E-state index contributed by atoms with van der Waals surface area (Å²) < 4.78 is 0. The molecule has 0 saturated heterocycles. The van der Waals surface area contributed by atoms with Crippen LogP contribution in [0.5, 0.6) is 0 Å². The van der Waals surface area contributed by atoms with Crippen LogP contribution in [0.1, 0.15) is 57.8 Å². The number of aromatic nitrogens is 1. The molecule has 0 amide bonds. The van der Waals surface area contributed by atoms with Gasteiger partial charge in [-0.25, -0.2) is 4.98 Å². The molecule has 1 aromatic heterocycles. The van der Waals surface area contributed by atoms with Crippen LogP contribution < -0.4 is 10.2 Å². The summed E-state index contributed by atoms with van der Waals surface area (Å²) in [5.74, 6) is 0.869. The van der Waals surface area contributed by atoms with E-state index in [0.29, 0.717) is 0 Å². The van der Waals surface area contributed by atoms with Gasteiger partial charge < -0.3 is 10.2 Å². The second kappa shape index (κ2) is 6.90. The average Bonchev–Trinajstić information content (AvgIpc) is 2.86. The van der Waals surface area contributed by atoms with Crippen molar-refractivity contribution in [2.24, 2.45) is 5.92 Å². The van der Waals surface area contributed by atoms with E-state index in [1.165, 1.54) is 48.7 Å². The molecule has 20 heavy (non-hydrogen) atoms. The van der Waals surface area contributed by atoms with Gasteiger partial charge in [0.25, 0.3) is 0 Å². The largest absolute Gasteiger partial charge is 0.351 e. The third kappa shape index (κ3) is 5.06. The summed E-state index contributed by atoms with van der Waals surface area (Å²) in [6.45, 7) is 8.68. The van der Waals surface area contributed by atoms with Gasteiger partial charge in [-0.2, -0.15) is 0 Å². The summed E-state index contributed by atoms with van der Waals surface area (Å²) in [6, 6.07) is 0. The molecule has 1 aliphatic carbocycles. The Morgan fingerprint density at radius 3 is 2.65 bits per heavy atom. The van der Waals surface area contributed by atoms with E-state index in [0.717, 1.165) is 12.5 Å². The summed E-state index contributed by atoms with van der Waals surface area (Å²) in [4.78, 5) is 8.26. The molecule has 0 atom stereocenters. The molecule has 0 unspecified atom stereocenters. The molecule has 4 heteroatoms. The Hall–Kier alpha value is -0.610. The SMILES string of the molecule is CN(CC1CCCCC1)c1ncc(CNC(C)(C)C)s1. The average molecular weight is 295 g/mol. The second-order valence-electron chi connectivity index (χ2n) is 7.10. The summed E-state index contributed by atoms with van der Waals surface area (Å²) >= 11 is 1.82. The lowest BCUT2D eigenvalue weighted by Crippen LogP contribution is -2.34. The molecular weight excluding hydrogens is 266 g/mol. The van der Waals surface area contributed by atoms with E-state index in [1.807, 2.05) is 17.5 Å². The number of hydrogen-bond donors (Lipinski definition) is 1. The van der Waals surface area contributed by atoms with E-state index >= 15 is 0 Å². The van der Waals surface area contributed by atoms with Crippen molar-refractivity contribution >= 4 is 16.5 Å². The maximum atomic E-state index is 4.59. The number of thiazole rings is 1. The number of hydrogen-bond acceptors (Lipinski definition) is 4. The highest BCUT2D eigenvalue weighted by molar-refractivity contribution is 7.15. The van der Waals surface area contributed by atoms with Gasteiger partial charge in [0.2, 0.25) is 0 Å². The Labute approximate surface area is 127 Å². The van der Waals surface area contributed by atoms with Crippen LogP contribution in [-0.4, -0.2) is 24.1 Å². The van der Waals surface area contributed by atoms with Crippen LogP contribution >= 0.6 is 11.3 Å². The summed E-state index contributed by atoms with van der Waals surface area (Å²) in [6.07, 6.45) is 9.08. The van der Waals surface area contributed by atoms with Crippen LogP contribution in [0.25, 0.3) is 0 Å². The Morgan fingerprint density at radius 1 is 1.30 bits per heavy atom. The highest BCUT2D eigenvalue weighted by Crippen LogP contribution is 2.27. The molecule has 3 nitrogen and oxygen atoms in total. The molecule has 0 bridgehead atoms. The van der Waals surface area contributed by atoms with Crippen molar-refractivity contribution in [1.29, 1.82) is 0 Å². The Kier molecular flexibility index (Phi) is 5.44. The zero-order valence-electron chi connectivity index (χ0n) is 13.4. The smallest absolute Gasteiger partial charge is 0.185 e. The van der Waals surface area contributed by atoms with Gasteiger partial charge in [-0.15, -0.1) is 11.3 Å². The minimum absolute atomic E-state index is 0.165. The van der Waals surface area contributed by atoms with E-state index in [4.69, 9.17) is 0 Å². The van der Waals surface area contributed by atoms with Gasteiger partial charge in [0.15, 0.2) is 5.13 Å². The van der Waals surface area contributed by atoms with Gasteiger partial charge in [-0.3, -0.25) is 0 Å². The van der Waals surface area contributed by atoms with Crippen LogP contribution in [0.3, 0.4) is 0 Å². The van der Waals surface area contributed by atoms with Crippen molar-refractivity contribution in [2.75, 3.05) is 18.5 Å². The fraction of sp³-hybridized carbons (Fsp3) is 0.812. The maximum Gasteiger partial charge on any atom is 0.185 e. The molecule has 0 radical (unpaired) electrons. The maximum absolute atomic E-state index is 4.59. The van der Waals surface area contributed by atoms with Crippen molar-refractivity contribution in [3.05, 3.63) is 11.1 Å². The first-order chi connectivity index (χ1) is 9.44. The van der Waals surface area contributed by atoms with Crippen molar-refractivity contribution < 1.29 is 0 Å². The standard InChI is InChI=1S/C16H29N3S/c1-16(2,3)18-11-14-10-17-15(20-14)19(4)12-13-8-6-5-7-9-13/h10,13,18H,5-9,11-12H2,1-4H3. The zero-order chi connectivity index (χ0) is 14.6. The highest BCUT2D eigenvalue weighted by Gasteiger charge is 2.17. The van der Waals surface area contributed by atoms with E-state index in [9.17, 15) is 0 Å². The summed E-state index contributed by atoms with van der Waals surface area (Å²) in [5, 5.41) is 4.69. The van der Waals surface area contributed by atoms with E-state index < -0.39 is 0 Å². The third-order valence-electron chi connectivity index (χ3n) is 3.92. The quantitative estimate of drug-likeness (QED) is 0.888. The van der Waals surface area contributed by atoms with Crippen LogP contribution in [0.4, 0.5) is 5.13 Å². The molecule has 1 N–H and O–H groups in total. The van der Waals surface area contributed by atoms with Crippen molar-refractivity contribution in [3.63, 3.8) is 0 Å². The topological polar surface area (TPSA) is 28.2 Å². The van der Waals surface area contributed by atoms with E-state index in [1.54, 1.807) is 0 Å². The van der Waals surface area contributed by atoms with Gasteiger partial charge in [0.05, 0.1) is 0 Å². The molecule has 1 heterocycles. The lowest BCUT2D eigenvalue weighted by Gasteiger charge is -2.26. The summed E-state index contributed by atoms with van der Waals surface area (Å²) in [7, 11) is 2.19. The second-order valence-corrected chi connectivity index (χ2v) is 8.19. The third-order valence-corrected chi connectivity index (χ3v) is 5.03. The van der Waals surface area contributed by atoms with Crippen LogP contribution in [0, 0.1) is 5.92 Å². The fourth-order valence-electron chi connectivity index (χ4n) is 2.74. The normalized spacial score (nSPS) is 17.4. The number of anilines is 1. The predicted octanol–water partition coefficient (Wildman–Crippen LogP) is 4.05. The minimum atomic E-state index is 0.165. The Balaban J connectivity index is 1.84. The van der Waals surface area contributed by atoms with Crippen molar-refractivity contribution in [1.82, 2.24) is 10.3 Å². The molecule has 0 aliphatic heterocycles. The van der Waals surface area contributed by atoms with Crippen molar-refractivity contribution in [2.45, 2.75) is 65.0 Å². The van der Waals surface area contributed by atoms with Gasteiger partial charge in [-0.05, 0) is 39.5 Å². The lowest BCUT2D eigenvalue weighted by molar-refractivity contribution is 0.362. The van der Waals surface area contributed by atoms with Crippen LogP contribution in [0.2, 0.25) is 0 Å². The molecule has 1 aromatic rings. The number of rotatable bonds is 5. The molecule has 1 fully saturated rings. The molecule has 1 aliphatic rings. The fourth-order valence-corrected chi connectivity index (χ4v) is 3.56. The molecule has 0 aromatic carbocycles. The highest BCUT2D eigenvalue weighted by atomic mass is 32.1. The molecule has 1 saturated carbocycles. The van der Waals surface area contributed by atoms with E-state index in [-0.39, 0.29) is 5.54 Å². The Morgan fingerprint density at radius 2 is 2.00 bits per heavy atom. The van der Waals surface area contributed by atoms with Gasteiger partial charge in [0, 0.05) is 36.8 Å². The first-order valence-corrected chi connectivity index (χ1v) is 8.66. The molecular formula is C16H29N3S. The molecule has 2 rings (SSSR count). The molecule has 114 valence electrons. The predicted molar refractivity (Wildman–Crippen MR) is 88.6 cm³/mol. The van der Waals surface area contributed by atoms with Crippen molar-refractivity contribution in [3.8, 4) is 0 Å². The van der Waals surface area contributed by atoms with Gasteiger partial charge in [0.1, 0.15) is 0 Å². The molecule has 0 spiro atoms. The van der Waals surface area contributed by atoms with Gasteiger partial charge in [-0.1, -0.05) is 19.3 Å². The lowest BCUT2D eigenvalue weighted by atomic mass is 9.89. The first kappa shape index (κ1) is 15.8. The zero-order valence-corrected chi connectivity index (χ0v) is 14.2. The number of nitrogens with zero attached hydrogens (tertiary/aromatic N) is 2. The summed E-state index contributed by atoms with van der Waals surface area (Å²) in [5.41, 5.74) is 0.165. The van der Waals surface area contributed by atoms with E-state index in [2.05, 4.69) is 43.0 Å².